The summed E-state index contributed by atoms with van der Waals surface area (Å²) >= 11 is 0. The Morgan fingerprint density at radius 2 is 1.64 bits per heavy atom. The Kier molecular flexibility index (Phi) is 5.31. The van der Waals surface area contributed by atoms with Crippen LogP contribution in [0, 0.1) is 10.1 Å². The number of halogens is 3. The maximum Gasteiger partial charge on any atom is 0.416 e. The zero-order valence-electron chi connectivity index (χ0n) is 14.3. The van der Waals surface area contributed by atoms with E-state index in [4.69, 9.17) is 4.74 Å². The van der Waals surface area contributed by atoms with Gasteiger partial charge in [-0.15, -0.1) is 0 Å². The molecule has 0 radical (unpaired) electrons. The monoisotopic (exact) mass is 416 g/mol. The van der Waals surface area contributed by atoms with E-state index in [9.17, 15) is 31.7 Å². The SMILES string of the molecule is O=[N+]([O-])c1cc(S(=O)(=O)N2CCCC2)ccc1Oc1ccc(C(F)(F)F)cc1. The minimum absolute atomic E-state index is 0.0498. The highest BCUT2D eigenvalue weighted by Crippen LogP contribution is 2.36. The Balaban J connectivity index is 1.91. The van der Waals surface area contributed by atoms with Gasteiger partial charge >= 0.3 is 11.9 Å². The summed E-state index contributed by atoms with van der Waals surface area (Å²) in [5, 5.41) is 11.4. The van der Waals surface area contributed by atoms with Crippen molar-refractivity contribution in [2.45, 2.75) is 23.9 Å². The lowest BCUT2D eigenvalue weighted by molar-refractivity contribution is -0.385. The van der Waals surface area contributed by atoms with Gasteiger partial charge in [0, 0.05) is 19.2 Å². The van der Waals surface area contributed by atoms with Gasteiger partial charge < -0.3 is 4.74 Å². The molecule has 3 rings (SSSR count). The molecular weight excluding hydrogens is 401 g/mol. The molecule has 0 spiro atoms. The van der Waals surface area contributed by atoms with Gasteiger partial charge in [0.15, 0.2) is 0 Å². The molecule has 1 heterocycles. The van der Waals surface area contributed by atoms with Crippen molar-refractivity contribution in [3.63, 3.8) is 0 Å². The third kappa shape index (κ3) is 4.09. The molecule has 0 unspecified atom stereocenters. The summed E-state index contributed by atoms with van der Waals surface area (Å²) in [4.78, 5) is 10.3. The maximum absolute atomic E-state index is 12.6. The van der Waals surface area contributed by atoms with Gasteiger partial charge in [0.25, 0.3) is 0 Å². The van der Waals surface area contributed by atoms with Crippen molar-refractivity contribution in [3.05, 3.63) is 58.1 Å². The first-order chi connectivity index (χ1) is 13.1. The second-order valence-corrected chi connectivity index (χ2v) is 8.06. The fourth-order valence-corrected chi connectivity index (χ4v) is 4.34. The van der Waals surface area contributed by atoms with Gasteiger partial charge in [-0.3, -0.25) is 10.1 Å². The maximum atomic E-state index is 12.6. The Labute approximate surface area is 158 Å². The molecule has 1 aliphatic rings. The van der Waals surface area contributed by atoms with Crippen LogP contribution in [-0.4, -0.2) is 30.7 Å². The summed E-state index contributed by atoms with van der Waals surface area (Å²) < 4.78 is 69.5. The molecular formula is C17H15F3N2O5S. The number of ether oxygens (including phenoxy) is 1. The zero-order chi connectivity index (χ0) is 20.5. The Bertz CT molecular complexity index is 985. The fraction of sp³-hybridized carbons (Fsp3) is 0.294. The highest BCUT2D eigenvalue weighted by molar-refractivity contribution is 7.89. The summed E-state index contributed by atoms with van der Waals surface area (Å²) in [7, 11) is -3.86. The molecule has 1 fully saturated rings. The van der Waals surface area contributed by atoms with E-state index < -0.39 is 32.4 Å². The van der Waals surface area contributed by atoms with Gasteiger partial charge in [0.1, 0.15) is 5.75 Å². The second kappa shape index (κ2) is 7.40. The molecule has 2 aromatic rings. The van der Waals surface area contributed by atoms with Crippen molar-refractivity contribution in [2.24, 2.45) is 0 Å². The average molecular weight is 416 g/mol. The molecule has 1 aliphatic heterocycles. The van der Waals surface area contributed by atoms with Crippen molar-refractivity contribution in [1.82, 2.24) is 4.31 Å². The number of sulfonamides is 1. The molecule has 150 valence electrons. The lowest BCUT2D eigenvalue weighted by Gasteiger charge is -2.16. The van der Waals surface area contributed by atoms with E-state index in [1.165, 1.54) is 10.4 Å². The number of rotatable bonds is 5. The van der Waals surface area contributed by atoms with Crippen LogP contribution in [0.3, 0.4) is 0 Å². The fourth-order valence-electron chi connectivity index (χ4n) is 2.80. The third-order valence-electron chi connectivity index (χ3n) is 4.24. The highest BCUT2D eigenvalue weighted by Gasteiger charge is 2.31. The molecule has 28 heavy (non-hydrogen) atoms. The lowest BCUT2D eigenvalue weighted by Crippen LogP contribution is -2.27. The van der Waals surface area contributed by atoms with Crippen LogP contribution < -0.4 is 4.74 Å². The number of nitro benzene ring substituents is 1. The zero-order valence-corrected chi connectivity index (χ0v) is 15.2. The number of benzene rings is 2. The summed E-state index contributed by atoms with van der Waals surface area (Å²) in [6.07, 6.45) is -3.08. The van der Waals surface area contributed by atoms with Crippen molar-refractivity contribution in [3.8, 4) is 11.5 Å². The predicted molar refractivity (Wildman–Crippen MR) is 92.6 cm³/mol. The van der Waals surface area contributed by atoms with Crippen LogP contribution in [0.1, 0.15) is 18.4 Å². The summed E-state index contributed by atoms with van der Waals surface area (Å²) in [6, 6.07) is 6.83. The normalized spacial score (nSPS) is 15.5. The quantitative estimate of drug-likeness (QED) is 0.539. The average Bonchev–Trinajstić information content (AvgIpc) is 3.17. The van der Waals surface area contributed by atoms with Crippen LogP contribution in [0.2, 0.25) is 0 Å². The number of hydrogen-bond acceptors (Lipinski definition) is 5. The molecule has 7 nitrogen and oxygen atoms in total. The van der Waals surface area contributed by atoms with Gasteiger partial charge in [-0.25, -0.2) is 8.42 Å². The van der Waals surface area contributed by atoms with Crippen LogP contribution in [0.4, 0.5) is 18.9 Å². The second-order valence-electron chi connectivity index (χ2n) is 6.12. The first-order valence-electron chi connectivity index (χ1n) is 8.23. The van der Waals surface area contributed by atoms with E-state index in [0.717, 1.165) is 49.2 Å². The number of hydrogen-bond donors (Lipinski definition) is 0. The van der Waals surface area contributed by atoms with Gasteiger partial charge in [-0.1, -0.05) is 0 Å². The molecule has 0 atom stereocenters. The van der Waals surface area contributed by atoms with Crippen molar-refractivity contribution < 1.29 is 31.2 Å². The van der Waals surface area contributed by atoms with Crippen molar-refractivity contribution in [2.75, 3.05) is 13.1 Å². The van der Waals surface area contributed by atoms with Gasteiger partial charge in [-0.05, 0) is 49.2 Å². The standard InChI is InChI=1S/C17H15F3N2O5S/c18-17(19,20)12-3-5-13(6-4-12)27-16-8-7-14(11-15(16)22(23)24)28(25,26)21-9-1-2-10-21/h3-8,11H,1-2,9-10H2. The highest BCUT2D eigenvalue weighted by atomic mass is 32.2. The smallest absolute Gasteiger partial charge is 0.416 e. The van der Waals surface area contributed by atoms with Crippen molar-refractivity contribution in [1.29, 1.82) is 0 Å². The summed E-state index contributed by atoms with van der Waals surface area (Å²) in [5.41, 5.74) is -1.48. The molecule has 0 amide bonds. The Morgan fingerprint density at radius 3 is 2.18 bits per heavy atom. The van der Waals surface area contributed by atoms with E-state index in [2.05, 4.69) is 0 Å². The largest absolute Gasteiger partial charge is 0.450 e. The molecule has 0 aliphatic carbocycles. The first-order valence-corrected chi connectivity index (χ1v) is 9.67. The van der Waals surface area contributed by atoms with Crippen LogP contribution >= 0.6 is 0 Å². The van der Waals surface area contributed by atoms with E-state index >= 15 is 0 Å². The number of nitro groups is 1. The number of alkyl halides is 3. The van der Waals surface area contributed by atoms with Crippen LogP contribution in [0.5, 0.6) is 11.5 Å². The molecule has 0 aromatic heterocycles. The van der Waals surface area contributed by atoms with Crippen molar-refractivity contribution >= 4 is 15.7 Å². The van der Waals surface area contributed by atoms with Crippen LogP contribution in [0.15, 0.2) is 47.4 Å². The van der Waals surface area contributed by atoms with Crippen LogP contribution in [-0.2, 0) is 16.2 Å². The topological polar surface area (TPSA) is 89.8 Å². The van der Waals surface area contributed by atoms with Crippen LogP contribution in [0.25, 0.3) is 0 Å². The van der Waals surface area contributed by atoms with Gasteiger partial charge in [0.05, 0.1) is 15.4 Å². The van der Waals surface area contributed by atoms with Gasteiger partial charge in [0.2, 0.25) is 15.8 Å². The minimum Gasteiger partial charge on any atom is -0.450 e. The molecule has 1 saturated heterocycles. The molecule has 11 heteroatoms. The molecule has 0 bridgehead atoms. The molecule has 0 saturated carbocycles. The van der Waals surface area contributed by atoms with E-state index in [1.807, 2.05) is 0 Å². The minimum atomic E-state index is -4.52. The van der Waals surface area contributed by atoms with Gasteiger partial charge in [-0.2, -0.15) is 17.5 Å². The summed E-state index contributed by atoms with van der Waals surface area (Å²) in [5.74, 6) is -0.323. The number of nitrogens with zero attached hydrogens (tertiary/aromatic N) is 2. The lowest BCUT2D eigenvalue weighted by atomic mass is 10.2. The predicted octanol–water partition coefficient (Wildman–Crippen LogP) is 4.19. The van der Waals surface area contributed by atoms with E-state index in [-0.39, 0.29) is 16.4 Å². The van der Waals surface area contributed by atoms with E-state index in [0.29, 0.717) is 13.1 Å². The Morgan fingerprint density at radius 1 is 1.04 bits per heavy atom. The molecule has 0 N–H and O–H groups in total. The first kappa shape index (κ1) is 20.1. The van der Waals surface area contributed by atoms with E-state index in [1.54, 1.807) is 0 Å². The Hall–Kier alpha value is -2.66. The third-order valence-corrected chi connectivity index (χ3v) is 6.13. The summed E-state index contributed by atoms with van der Waals surface area (Å²) in [6.45, 7) is 0.694. The molecule has 2 aromatic carbocycles.